The Labute approximate surface area is 140 Å². The number of nitrogens with zero attached hydrogens (tertiary/aromatic N) is 1. The van der Waals surface area contributed by atoms with Gasteiger partial charge in [-0.1, -0.05) is 29.3 Å². The van der Waals surface area contributed by atoms with Gasteiger partial charge < -0.3 is 10.6 Å². The Balaban J connectivity index is 2.10. The fraction of sp³-hybridized carbons (Fsp3) is 0.111. The molecule has 4 nitrogen and oxygen atoms in total. The minimum absolute atomic E-state index is 0.0140. The molecule has 2 N–H and O–H groups in total. The van der Waals surface area contributed by atoms with Crippen LogP contribution in [0.3, 0.4) is 0 Å². The van der Waals surface area contributed by atoms with Gasteiger partial charge >= 0.3 is 0 Å². The highest BCUT2D eigenvalue weighted by molar-refractivity contribution is 6.30. The number of amides is 1. The van der Waals surface area contributed by atoms with Crippen LogP contribution in [0.25, 0.3) is 0 Å². The molecule has 1 amide bonds. The third-order valence-corrected chi connectivity index (χ3v) is 3.47. The molecule has 2 rings (SSSR count). The molecular weight excluding hydrogens is 310 g/mol. The van der Waals surface area contributed by atoms with Gasteiger partial charge in [0.25, 0.3) is 5.91 Å². The van der Waals surface area contributed by atoms with E-state index in [-0.39, 0.29) is 5.57 Å². The Morgan fingerprint density at radius 2 is 1.87 bits per heavy atom. The summed E-state index contributed by atoms with van der Waals surface area (Å²) in [5.41, 5.74) is 3.43. The summed E-state index contributed by atoms with van der Waals surface area (Å²) in [5.74, 6) is -0.463. The third kappa shape index (κ3) is 4.60. The molecule has 0 aromatic heterocycles. The standard InChI is InChI=1S/C18H16ClN3O/c1-12-3-6-16(7-4-12)22-18(23)14(10-20)11-21-17-8-5-15(19)9-13(17)2/h3-9,11,21H,1-2H3,(H,22,23)/b14-11-. The van der Waals surface area contributed by atoms with Crippen molar-refractivity contribution in [1.29, 1.82) is 5.26 Å². The van der Waals surface area contributed by atoms with Gasteiger partial charge in [0.1, 0.15) is 11.6 Å². The van der Waals surface area contributed by atoms with Crippen LogP contribution in [-0.2, 0) is 4.79 Å². The zero-order chi connectivity index (χ0) is 16.8. The predicted octanol–water partition coefficient (Wildman–Crippen LogP) is 4.41. The van der Waals surface area contributed by atoms with Crippen molar-refractivity contribution in [2.24, 2.45) is 0 Å². The van der Waals surface area contributed by atoms with Gasteiger partial charge in [0.05, 0.1) is 0 Å². The molecule has 0 saturated heterocycles. The lowest BCUT2D eigenvalue weighted by Gasteiger charge is -2.07. The van der Waals surface area contributed by atoms with Gasteiger partial charge in [-0.2, -0.15) is 5.26 Å². The van der Waals surface area contributed by atoms with Crippen molar-refractivity contribution in [3.8, 4) is 6.07 Å². The monoisotopic (exact) mass is 325 g/mol. The van der Waals surface area contributed by atoms with E-state index in [1.165, 1.54) is 6.20 Å². The van der Waals surface area contributed by atoms with Gasteiger partial charge in [-0.15, -0.1) is 0 Å². The van der Waals surface area contributed by atoms with Crippen molar-refractivity contribution in [1.82, 2.24) is 0 Å². The summed E-state index contributed by atoms with van der Waals surface area (Å²) in [6, 6.07) is 14.6. The Bertz CT molecular complexity index is 789. The number of rotatable bonds is 4. The van der Waals surface area contributed by atoms with Gasteiger partial charge in [-0.05, 0) is 49.7 Å². The second kappa shape index (κ2) is 7.48. The molecule has 23 heavy (non-hydrogen) atoms. The summed E-state index contributed by atoms with van der Waals surface area (Å²) in [7, 11) is 0. The van der Waals surface area contributed by atoms with Crippen LogP contribution in [-0.4, -0.2) is 5.91 Å². The highest BCUT2D eigenvalue weighted by atomic mass is 35.5. The number of aryl methyl sites for hydroxylation is 2. The van der Waals surface area contributed by atoms with Crippen LogP contribution >= 0.6 is 11.6 Å². The van der Waals surface area contributed by atoms with E-state index in [1.54, 1.807) is 30.3 Å². The van der Waals surface area contributed by atoms with Crippen molar-refractivity contribution in [3.05, 3.63) is 70.4 Å². The van der Waals surface area contributed by atoms with Crippen molar-refractivity contribution in [3.63, 3.8) is 0 Å². The SMILES string of the molecule is Cc1ccc(NC(=O)/C(C#N)=C\Nc2ccc(Cl)cc2C)cc1. The van der Waals surface area contributed by atoms with Crippen LogP contribution in [0.15, 0.2) is 54.2 Å². The molecule has 0 heterocycles. The van der Waals surface area contributed by atoms with Crippen molar-refractivity contribution >= 4 is 28.9 Å². The number of halogens is 1. The van der Waals surface area contributed by atoms with Crippen LogP contribution in [0.1, 0.15) is 11.1 Å². The number of nitriles is 1. The number of hydrogen-bond acceptors (Lipinski definition) is 3. The zero-order valence-electron chi connectivity index (χ0n) is 12.9. The average molecular weight is 326 g/mol. The molecular formula is C18H16ClN3O. The maximum absolute atomic E-state index is 12.1. The minimum atomic E-state index is -0.463. The molecule has 0 saturated carbocycles. The molecule has 0 aliphatic rings. The van der Waals surface area contributed by atoms with Crippen LogP contribution in [0, 0.1) is 25.2 Å². The summed E-state index contributed by atoms with van der Waals surface area (Å²) in [6.45, 7) is 3.85. The molecule has 0 radical (unpaired) electrons. The highest BCUT2D eigenvalue weighted by Gasteiger charge is 2.09. The normalized spacial score (nSPS) is 10.8. The quantitative estimate of drug-likeness (QED) is 0.646. The topological polar surface area (TPSA) is 64.9 Å². The molecule has 0 fully saturated rings. The van der Waals surface area contributed by atoms with Gasteiger partial charge in [0, 0.05) is 22.6 Å². The fourth-order valence-electron chi connectivity index (χ4n) is 1.92. The summed E-state index contributed by atoms with van der Waals surface area (Å²) < 4.78 is 0. The number of nitrogens with one attached hydrogen (secondary N) is 2. The van der Waals surface area contributed by atoms with E-state index < -0.39 is 5.91 Å². The first kappa shape index (κ1) is 16.6. The fourth-order valence-corrected chi connectivity index (χ4v) is 2.15. The van der Waals surface area contributed by atoms with Gasteiger partial charge in [0.15, 0.2) is 0 Å². The van der Waals surface area contributed by atoms with E-state index in [1.807, 2.05) is 32.0 Å². The second-order valence-electron chi connectivity index (χ2n) is 5.09. The van der Waals surface area contributed by atoms with Crippen LogP contribution in [0.2, 0.25) is 5.02 Å². The molecule has 116 valence electrons. The van der Waals surface area contributed by atoms with Crippen molar-refractivity contribution in [2.75, 3.05) is 10.6 Å². The number of carbonyl (C=O) groups excluding carboxylic acids is 1. The largest absolute Gasteiger partial charge is 0.360 e. The average Bonchev–Trinajstić information content (AvgIpc) is 2.52. The Hall–Kier alpha value is -2.77. The smallest absolute Gasteiger partial charge is 0.267 e. The molecule has 2 aromatic rings. The van der Waals surface area contributed by atoms with Crippen LogP contribution in [0.5, 0.6) is 0 Å². The number of carbonyl (C=O) groups is 1. The Kier molecular flexibility index (Phi) is 5.40. The molecule has 5 heteroatoms. The zero-order valence-corrected chi connectivity index (χ0v) is 13.6. The third-order valence-electron chi connectivity index (χ3n) is 3.23. The minimum Gasteiger partial charge on any atom is -0.360 e. The van der Waals surface area contributed by atoms with Gasteiger partial charge in [0.2, 0.25) is 0 Å². The molecule has 0 atom stereocenters. The first-order valence-electron chi connectivity index (χ1n) is 7.00. The summed E-state index contributed by atoms with van der Waals surface area (Å²) >= 11 is 5.90. The van der Waals surface area contributed by atoms with Crippen LogP contribution < -0.4 is 10.6 Å². The predicted molar refractivity (Wildman–Crippen MR) is 93.3 cm³/mol. The molecule has 0 bridgehead atoms. The van der Waals surface area contributed by atoms with Crippen molar-refractivity contribution < 1.29 is 4.79 Å². The van der Waals surface area contributed by atoms with E-state index in [9.17, 15) is 4.79 Å². The maximum atomic E-state index is 12.1. The van der Waals surface area contributed by atoms with Gasteiger partial charge in [-0.25, -0.2) is 0 Å². The first-order valence-corrected chi connectivity index (χ1v) is 7.38. The Morgan fingerprint density at radius 3 is 2.48 bits per heavy atom. The molecule has 2 aromatic carbocycles. The molecule has 0 unspecified atom stereocenters. The van der Waals surface area contributed by atoms with Gasteiger partial charge in [-0.3, -0.25) is 4.79 Å². The maximum Gasteiger partial charge on any atom is 0.267 e. The number of benzene rings is 2. The van der Waals surface area contributed by atoms with E-state index in [0.29, 0.717) is 10.7 Å². The van der Waals surface area contributed by atoms with Crippen LogP contribution in [0.4, 0.5) is 11.4 Å². The lowest BCUT2D eigenvalue weighted by Crippen LogP contribution is -2.14. The van der Waals surface area contributed by atoms with E-state index in [2.05, 4.69) is 10.6 Å². The molecule has 0 aliphatic heterocycles. The van der Waals surface area contributed by atoms with E-state index in [0.717, 1.165) is 16.8 Å². The van der Waals surface area contributed by atoms with E-state index in [4.69, 9.17) is 16.9 Å². The second-order valence-corrected chi connectivity index (χ2v) is 5.53. The lowest BCUT2D eigenvalue weighted by molar-refractivity contribution is -0.112. The Morgan fingerprint density at radius 1 is 1.17 bits per heavy atom. The summed E-state index contributed by atoms with van der Waals surface area (Å²) in [5, 5.41) is 15.5. The van der Waals surface area contributed by atoms with E-state index >= 15 is 0 Å². The molecule has 0 spiro atoms. The molecule has 0 aliphatic carbocycles. The number of anilines is 2. The van der Waals surface area contributed by atoms with Crippen molar-refractivity contribution in [2.45, 2.75) is 13.8 Å². The summed E-state index contributed by atoms with van der Waals surface area (Å²) in [4.78, 5) is 12.1. The number of hydrogen-bond donors (Lipinski definition) is 2. The lowest BCUT2D eigenvalue weighted by atomic mass is 10.2. The highest BCUT2D eigenvalue weighted by Crippen LogP contribution is 2.20. The summed E-state index contributed by atoms with van der Waals surface area (Å²) in [6.07, 6.45) is 1.39. The first-order chi connectivity index (χ1) is 11.0.